The number of hydrogen-bond donors (Lipinski definition) is 1. The second-order valence-electron chi connectivity index (χ2n) is 8.74. The molecule has 0 saturated heterocycles. The van der Waals surface area contributed by atoms with Gasteiger partial charge in [-0.05, 0) is 103 Å². The molecule has 0 heterocycles. The number of ether oxygens (including phenoxy) is 2. The maximum atomic E-state index is 5.91. The van der Waals surface area contributed by atoms with Gasteiger partial charge in [-0.2, -0.15) is 0 Å². The molecule has 4 saturated carbocycles. The highest BCUT2D eigenvalue weighted by molar-refractivity contribution is 9.10. The van der Waals surface area contributed by atoms with Crippen LogP contribution in [0.4, 0.5) is 0 Å². The van der Waals surface area contributed by atoms with E-state index in [2.05, 4.69) is 40.3 Å². The minimum absolute atomic E-state index is 0.393. The highest BCUT2D eigenvalue weighted by atomic mass is 79.9. The summed E-state index contributed by atoms with van der Waals surface area (Å²) >= 11 is 3.70. The zero-order valence-electron chi connectivity index (χ0n) is 16.2. The monoisotopic (exact) mass is 421 g/mol. The minimum Gasteiger partial charge on any atom is -0.490 e. The van der Waals surface area contributed by atoms with Crippen molar-refractivity contribution < 1.29 is 9.47 Å². The minimum atomic E-state index is 0.393. The van der Waals surface area contributed by atoms with Crippen molar-refractivity contribution in [3.63, 3.8) is 0 Å². The third kappa shape index (κ3) is 3.77. The Morgan fingerprint density at radius 2 is 1.69 bits per heavy atom. The Balaban J connectivity index is 1.48. The molecule has 0 aromatic heterocycles. The Labute approximate surface area is 166 Å². The van der Waals surface area contributed by atoms with Gasteiger partial charge in [-0.1, -0.05) is 6.92 Å². The molecule has 5 rings (SSSR count). The molecule has 4 aliphatic rings. The van der Waals surface area contributed by atoms with Crippen molar-refractivity contribution in [1.82, 2.24) is 5.32 Å². The predicted octanol–water partition coefficient (Wildman–Crippen LogP) is 5.70. The molecule has 0 aliphatic heterocycles. The number of rotatable bonds is 8. The van der Waals surface area contributed by atoms with E-state index >= 15 is 0 Å². The number of hydrogen-bond acceptors (Lipinski definition) is 3. The standard InChI is InChI=1S/C22H32BrNO2/c1-3-5-26-21-19(23)9-18(10-20(21)25-4-2)14-24-22-11-15-6-16(12-22)8-17(7-15)13-22/h9-10,15-17,24H,3-8,11-14H2,1-2H3. The number of nitrogens with one attached hydrogen (secondary N) is 1. The second-order valence-corrected chi connectivity index (χ2v) is 9.59. The van der Waals surface area contributed by atoms with Crippen LogP contribution in [0.5, 0.6) is 11.5 Å². The van der Waals surface area contributed by atoms with Gasteiger partial charge in [0.05, 0.1) is 17.7 Å². The van der Waals surface area contributed by atoms with Crippen LogP contribution in [0.3, 0.4) is 0 Å². The highest BCUT2D eigenvalue weighted by Crippen LogP contribution is 2.55. The second kappa shape index (κ2) is 7.71. The van der Waals surface area contributed by atoms with Crippen molar-refractivity contribution in [2.75, 3.05) is 13.2 Å². The summed E-state index contributed by atoms with van der Waals surface area (Å²) in [7, 11) is 0. The van der Waals surface area contributed by atoms with Gasteiger partial charge in [-0.3, -0.25) is 0 Å². The zero-order chi connectivity index (χ0) is 18.1. The summed E-state index contributed by atoms with van der Waals surface area (Å²) in [5, 5.41) is 3.99. The molecule has 1 aromatic carbocycles. The fraction of sp³-hybridized carbons (Fsp3) is 0.727. The lowest BCUT2D eigenvalue weighted by Gasteiger charge is -2.57. The van der Waals surface area contributed by atoms with Crippen molar-refractivity contribution in [1.29, 1.82) is 0 Å². The van der Waals surface area contributed by atoms with Crippen LogP contribution in [-0.4, -0.2) is 18.8 Å². The van der Waals surface area contributed by atoms with E-state index in [9.17, 15) is 0 Å². The van der Waals surface area contributed by atoms with Gasteiger partial charge >= 0.3 is 0 Å². The van der Waals surface area contributed by atoms with Gasteiger partial charge in [0.25, 0.3) is 0 Å². The quantitative estimate of drug-likeness (QED) is 0.584. The first kappa shape index (κ1) is 18.6. The molecule has 3 nitrogen and oxygen atoms in total. The Bertz CT molecular complexity index is 610. The molecule has 0 spiro atoms. The van der Waals surface area contributed by atoms with E-state index in [1.807, 2.05) is 6.92 Å². The molecule has 0 unspecified atom stereocenters. The summed E-state index contributed by atoms with van der Waals surface area (Å²) in [6, 6.07) is 4.35. The lowest BCUT2D eigenvalue weighted by atomic mass is 9.53. The number of benzene rings is 1. The lowest BCUT2D eigenvalue weighted by Crippen LogP contribution is -2.58. The van der Waals surface area contributed by atoms with Crippen LogP contribution in [0, 0.1) is 17.8 Å². The summed E-state index contributed by atoms with van der Waals surface area (Å²) < 4.78 is 12.8. The van der Waals surface area contributed by atoms with Crippen molar-refractivity contribution in [3.8, 4) is 11.5 Å². The summed E-state index contributed by atoms with van der Waals surface area (Å²) in [6.07, 6.45) is 9.62. The molecule has 0 amide bonds. The molecule has 4 bridgehead atoms. The van der Waals surface area contributed by atoms with E-state index in [1.54, 1.807) is 0 Å². The van der Waals surface area contributed by atoms with Crippen LogP contribution in [-0.2, 0) is 6.54 Å². The molecule has 4 aliphatic carbocycles. The van der Waals surface area contributed by atoms with Gasteiger partial charge in [-0.25, -0.2) is 0 Å². The number of halogens is 1. The van der Waals surface area contributed by atoms with E-state index < -0.39 is 0 Å². The average Bonchev–Trinajstić information content (AvgIpc) is 2.58. The molecular weight excluding hydrogens is 390 g/mol. The third-order valence-corrected chi connectivity index (χ3v) is 7.11. The maximum absolute atomic E-state index is 5.91. The molecular formula is C22H32BrNO2. The van der Waals surface area contributed by atoms with Gasteiger partial charge in [-0.15, -0.1) is 0 Å². The maximum Gasteiger partial charge on any atom is 0.175 e. The Morgan fingerprint density at radius 3 is 2.27 bits per heavy atom. The first-order valence-electron chi connectivity index (χ1n) is 10.4. The first-order chi connectivity index (χ1) is 12.6. The predicted molar refractivity (Wildman–Crippen MR) is 109 cm³/mol. The fourth-order valence-corrected chi connectivity index (χ4v) is 6.55. The summed E-state index contributed by atoms with van der Waals surface area (Å²) in [5.41, 5.74) is 1.67. The van der Waals surface area contributed by atoms with Crippen molar-refractivity contribution in [2.45, 2.75) is 70.9 Å². The average molecular weight is 422 g/mol. The van der Waals surface area contributed by atoms with Crippen LogP contribution in [0.2, 0.25) is 0 Å². The van der Waals surface area contributed by atoms with Crippen molar-refractivity contribution >= 4 is 15.9 Å². The van der Waals surface area contributed by atoms with Crippen LogP contribution in [0.25, 0.3) is 0 Å². The zero-order valence-corrected chi connectivity index (χ0v) is 17.7. The molecule has 1 aromatic rings. The van der Waals surface area contributed by atoms with E-state index in [-0.39, 0.29) is 0 Å². The molecule has 26 heavy (non-hydrogen) atoms. The Hall–Kier alpha value is -0.740. The van der Waals surface area contributed by atoms with Crippen LogP contribution in [0.1, 0.15) is 64.4 Å². The van der Waals surface area contributed by atoms with Gasteiger partial charge in [0, 0.05) is 12.1 Å². The van der Waals surface area contributed by atoms with Crippen LogP contribution >= 0.6 is 15.9 Å². The molecule has 4 fully saturated rings. The molecule has 0 radical (unpaired) electrons. The molecule has 0 atom stereocenters. The van der Waals surface area contributed by atoms with Gasteiger partial charge in [0.15, 0.2) is 11.5 Å². The van der Waals surface area contributed by atoms with E-state index in [0.717, 1.165) is 46.7 Å². The largest absolute Gasteiger partial charge is 0.490 e. The van der Waals surface area contributed by atoms with Crippen molar-refractivity contribution in [3.05, 3.63) is 22.2 Å². The smallest absolute Gasteiger partial charge is 0.175 e. The van der Waals surface area contributed by atoms with E-state index in [0.29, 0.717) is 18.8 Å². The third-order valence-electron chi connectivity index (χ3n) is 6.53. The van der Waals surface area contributed by atoms with Crippen LogP contribution in [0.15, 0.2) is 16.6 Å². The van der Waals surface area contributed by atoms with E-state index in [4.69, 9.17) is 9.47 Å². The normalized spacial score (nSPS) is 32.0. The molecule has 144 valence electrons. The van der Waals surface area contributed by atoms with Gasteiger partial charge in [0.1, 0.15) is 0 Å². The Kier molecular flexibility index (Phi) is 5.52. The van der Waals surface area contributed by atoms with Crippen molar-refractivity contribution in [2.24, 2.45) is 17.8 Å². The lowest BCUT2D eigenvalue weighted by molar-refractivity contribution is -0.0206. The van der Waals surface area contributed by atoms with Gasteiger partial charge < -0.3 is 14.8 Å². The van der Waals surface area contributed by atoms with Gasteiger partial charge in [0.2, 0.25) is 0 Å². The summed E-state index contributed by atoms with van der Waals surface area (Å²) in [4.78, 5) is 0. The molecule has 1 N–H and O–H groups in total. The van der Waals surface area contributed by atoms with Crippen LogP contribution < -0.4 is 14.8 Å². The summed E-state index contributed by atoms with van der Waals surface area (Å²) in [5.74, 6) is 4.63. The summed E-state index contributed by atoms with van der Waals surface area (Å²) in [6.45, 7) is 6.43. The molecule has 4 heteroatoms. The first-order valence-corrected chi connectivity index (χ1v) is 11.2. The highest BCUT2D eigenvalue weighted by Gasteiger charge is 2.50. The van der Waals surface area contributed by atoms with E-state index in [1.165, 1.54) is 44.1 Å². The Morgan fingerprint density at radius 1 is 1.04 bits per heavy atom. The SMILES string of the molecule is CCCOc1c(Br)cc(CNC23CC4CC(CC(C4)C2)C3)cc1OCC. The topological polar surface area (TPSA) is 30.5 Å². The fourth-order valence-electron chi connectivity index (χ4n) is 5.95.